The lowest BCUT2D eigenvalue weighted by atomic mass is 9.73. The number of hydrogen-bond donors (Lipinski definition) is 0. The van der Waals surface area contributed by atoms with Gasteiger partial charge in [-0.3, -0.25) is 0 Å². The van der Waals surface area contributed by atoms with Crippen LogP contribution in [-0.4, -0.2) is 17.5 Å². The first-order valence-electron chi connectivity index (χ1n) is 17.6. The van der Waals surface area contributed by atoms with Crippen molar-refractivity contribution in [3.63, 3.8) is 0 Å². The van der Waals surface area contributed by atoms with Crippen molar-refractivity contribution in [3.05, 3.63) is 123 Å². The van der Waals surface area contributed by atoms with Crippen molar-refractivity contribution in [2.75, 3.05) is 0 Å². The summed E-state index contributed by atoms with van der Waals surface area (Å²) < 4.78 is 11.7. The third-order valence-corrected chi connectivity index (χ3v) is 10.8. The molecular formula is C44H54O4. The molecule has 0 N–H and O–H groups in total. The zero-order valence-corrected chi connectivity index (χ0v) is 31.0. The molecule has 0 bridgehead atoms. The van der Waals surface area contributed by atoms with Gasteiger partial charge in [0.15, 0.2) is 0 Å². The Labute approximate surface area is 288 Å². The first kappa shape index (κ1) is 36.7. The topological polar surface area (TPSA) is 52.6 Å². The zero-order valence-electron chi connectivity index (χ0n) is 31.0. The number of hydrogen-bond acceptors (Lipinski definition) is 4. The molecule has 0 radical (unpaired) electrons. The molecule has 4 aromatic rings. The molecule has 4 aromatic carbocycles. The van der Waals surface area contributed by atoms with E-state index in [4.69, 9.17) is 9.47 Å². The molecule has 4 rings (SSSR count). The van der Waals surface area contributed by atoms with E-state index in [1.807, 2.05) is 58.9 Å². The standard InChI is InChI=1S/C44H54O4/c1-12-43(10,13-2)39-28(5)24-37(25-29(39)6)32(9)38-26-30(7)40(31(8)27-38)47-41(45)35-20-16-33(17-21-35)34-18-22-36(23-19-34)42(46)48-44(11,14-3)15-4/h16-27,32H,12-15H2,1-11H3. The van der Waals surface area contributed by atoms with E-state index in [1.54, 1.807) is 24.3 Å². The highest BCUT2D eigenvalue weighted by Crippen LogP contribution is 2.39. The van der Waals surface area contributed by atoms with E-state index in [0.29, 0.717) is 16.9 Å². The van der Waals surface area contributed by atoms with E-state index < -0.39 is 11.6 Å². The molecule has 1 atom stereocenters. The van der Waals surface area contributed by atoms with E-state index in [1.165, 1.54) is 27.8 Å². The molecule has 0 amide bonds. The molecule has 48 heavy (non-hydrogen) atoms. The smallest absolute Gasteiger partial charge is 0.343 e. The van der Waals surface area contributed by atoms with Crippen LogP contribution in [0.5, 0.6) is 5.75 Å². The number of benzene rings is 4. The van der Waals surface area contributed by atoms with Gasteiger partial charge in [-0.1, -0.05) is 90.1 Å². The van der Waals surface area contributed by atoms with Gasteiger partial charge in [0.05, 0.1) is 11.1 Å². The lowest BCUT2D eigenvalue weighted by molar-refractivity contribution is -0.0131. The Morgan fingerprint density at radius 3 is 1.40 bits per heavy atom. The number of aryl methyl sites for hydroxylation is 4. The van der Waals surface area contributed by atoms with Crippen molar-refractivity contribution in [1.29, 1.82) is 0 Å². The second kappa shape index (κ2) is 14.9. The Morgan fingerprint density at radius 1 is 0.604 bits per heavy atom. The van der Waals surface area contributed by atoms with Gasteiger partial charge < -0.3 is 9.47 Å². The summed E-state index contributed by atoms with van der Waals surface area (Å²) in [6.45, 7) is 23.7. The third-order valence-electron chi connectivity index (χ3n) is 10.8. The summed E-state index contributed by atoms with van der Waals surface area (Å²) in [7, 11) is 0. The molecule has 0 aliphatic rings. The summed E-state index contributed by atoms with van der Waals surface area (Å²) in [6.07, 6.45) is 3.76. The van der Waals surface area contributed by atoms with Crippen molar-refractivity contribution < 1.29 is 19.1 Å². The van der Waals surface area contributed by atoms with Crippen LogP contribution in [0.15, 0.2) is 72.8 Å². The summed E-state index contributed by atoms with van der Waals surface area (Å²) in [5.41, 5.74) is 11.2. The summed E-state index contributed by atoms with van der Waals surface area (Å²) in [4.78, 5) is 25.9. The molecule has 0 saturated heterocycles. The fraction of sp³-hybridized carbons (Fsp3) is 0.409. The van der Waals surface area contributed by atoms with Crippen LogP contribution in [0.1, 0.15) is 140 Å². The Balaban J connectivity index is 1.47. The Hall–Kier alpha value is -4.18. The van der Waals surface area contributed by atoms with Crippen LogP contribution in [0, 0.1) is 27.7 Å². The zero-order chi connectivity index (χ0) is 35.4. The van der Waals surface area contributed by atoms with Crippen LogP contribution in [0.25, 0.3) is 11.1 Å². The molecule has 0 aliphatic heterocycles. The molecule has 0 fully saturated rings. The van der Waals surface area contributed by atoms with Crippen molar-refractivity contribution in [2.24, 2.45) is 0 Å². The number of esters is 2. The fourth-order valence-corrected chi connectivity index (χ4v) is 6.82. The van der Waals surface area contributed by atoms with Gasteiger partial charge in [-0.2, -0.15) is 0 Å². The molecule has 4 nitrogen and oxygen atoms in total. The molecule has 1 unspecified atom stereocenters. The molecule has 0 saturated carbocycles. The predicted molar refractivity (Wildman–Crippen MR) is 199 cm³/mol. The lowest BCUT2D eigenvalue weighted by Gasteiger charge is -2.32. The normalized spacial score (nSPS) is 12.5. The molecule has 4 heteroatoms. The quantitative estimate of drug-likeness (QED) is 0.113. The maximum Gasteiger partial charge on any atom is 0.343 e. The van der Waals surface area contributed by atoms with Crippen LogP contribution >= 0.6 is 0 Å². The minimum absolute atomic E-state index is 0.184. The van der Waals surface area contributed by atoms with E-state index in [9.17, 15) is 9.59 Å². The van der Waals surface area contributed by atoms with Gasteiger partial charge in [0, 0.05) is 5.92 Å². The first-order chi connectivity index (χ1) is 22.7. The minimum atomic E-state index is -0.464. The first-order valence-corrected chi connectivity index (χ1v) is 17.6. The number of carbonyl (C=O) groups excluding carboxylic acids is 2. The van der Waals surface area contributed by atoms with Gasteiger partial charge >= 0.3 is 11.9 Å². The largest absolute Gasteiger partial charge is 0.456 e. The van der Waals surface area contributed by atoms with Crippen LogP contribution in [-0.2, 0) is 10.2 Å². The van der Waals surface area contributed by atoms with E-state index in [2.05, 4.69) is 65.8 Å². The summed E-state index contributed by atoms with van der Waals surface area (Å²) in [5, 5.41) is 0. The number of rotatable bonds is 12. The Bertz CT molecular complexity index is 1710. The van der Waals surface area contributed by atoms with Gasteiger partial charge in [0.25, 0.3) is 0 Å². The van der Waals surface area contributed by atoms with Crippen molar-refractivity contribution in [3.8, 4) is 16.9 Å². The highest BCUT2D eigenvalue weighted by molar-refractivity contribution is 5.92. The van der Waals surface area contributed by atoms with E-state index in [0.717, 1.165) is 47.9 Å². The summed E-state index contributed by atoms with van der Waals surface area (Å²) in [5.74, 6) is 0.102. The fourth-order valence-electron chi connectivity index (χ4n) is 6.82. The highest BCUT2D eigenvalue weighted by atomic mass is 16.6. The van der Waals surface area contributed by atoms with Crippen molar-refractivity contribution in [2.45, 2.75) is 119 Å². The molecule has 0 aromatic heterocycles. The molecule has 254 valence electrons. The predicted octanol–water partition coefficient (Wildman–Crippen LogP) is 11.8. The van der Waals surface area contributed by atoms with Crippen LogP contribution < -0.4 is 4.74 Å². The Morgan fingerprint density at radius 2 is 1.00 bits per heavy atom. The lowest BCUT2D eigenvalue weighted by Crippen LogP contribution is -2.30. The van der Waals surface area contributed by atoms with Crippen molar-refractivity contribution in [1.82, 2.24) is 0 Å². The maximum absolute atomic E-state index is 13.3. The average Bonchev–Trinajstić information content (AvgIpc) is 3.08. The second-order valence-electron chi connectivity index (χ2n) is 14.1. The average molecular weight is 647 g/mol. The maximum atomic E-state index is 13.3. The SMILES string of the molecule is CCC(C)(CC)OC(=O)c1ccc(-c2ccc(C(=O)Oc3c(C)cc(C(C)c4cc(C)c(C(C)(CC)CC)c(C)c4)cc3C)cc2)cc1. The third kappa shape index (κ3) is 7.75. The molecule has 0 spiro atoms. The summed E-state index contributed by atoms with van der Waals surface area (Å²) >= 11 is 0. The van der Waals surface area contributed by atoms with Gasteiger partial charge in [0.1, 0.15) is 11.4 Å². The highest BCUT2D eigenvalue weighted by Gasteiger charge is 2.27. The molecule has 0 aliphatic carbocycles. The van der Waals surface area contributed by atoms with Gasteiger partial charge in [0.2, 0.25) is 0 Å². The van der Waals surface area contributed by atoms with E-state index >= 15 is 0 Å². The van der Waals surface area contributed by atoms with Crippen LogP contribution in [0.2, 0.25) is 0 Å². The number of carbonyl (C=O) groups is 2. The van der Waals surface area contributed by atoms with Crippen LogP contribution in [0.4, 0.5) is 0 Å². The second-order valence-corrected chi connectivity index (χ2v) is 14.1. The number of ether oxygens (including phenoxy) is 2. The van der Waals surface area contributed by atoms with Gasteiger partial charge in [-0.05, 0) is 140 Å². The molecular weight excluding hydrogens is 592 g/mol. The van der Waals surface area contributed by atoms with Gasteiger partial charge in [-0.25, -0.2) is 9.59 Å². The summed E-state index contributed by atoms with van der Waals surface area (Å²) in [6, 6.07) is 23.8. The van der Waals surface area contributed by atoms with Crippen molar-refractivity contribution >= 4 is 11.9 Å². The monoisotopic (exact) mass is 646 g/mol. The molecule has 0 heterocycles. The minimum Gasteiger partial charge on any atom is -0.456 e. The Kier molecular flexibility index (Phi) is 11.4. The van der Waals surface area contributed by atoms with E-state index in [-0.39, 0.29) is 17.3 Å². The van der Waals surface area contributed by atoms with Gasteiger partial charge in [-0.15, -0.1) is 0 Å². The van der Waals surface area contributed by atoms with Crippen LogP contribution in [0.3, 0.4) is 0 Å².